The fraction of sp³-hybridized carbons (Fsp3) is 0.250. The number of aliphatic carboxylic acids is 1. The van der Waals surface area contributed by atoms with Crippen molar-refractivity contribution in [3.05, 3.63) is 338 Å². The summed E-state index contributed by atoms with van der Waals surface area (Å²) in [5.74, 6) is -6.53. The van der Waals surface area contributed by atoms with Gasteiger partial charge in [0.1, 0.15) is 94.4 Å². The molecule has 13 aromatic rings. The third-order valence-electron chi connectivity index (χ3n) is 24.2. The number of thiazole rings is 4. The van der Waals surface area contributed by atoms with Crippen LogP contribution in [0.4, 0.5) is 39.5 Å². The lowest BCUT2D eigenvalue weighted by Gasteiger charge is -2.28. The van der Waals surface area contributed by atoms with Gasteiger partial charge in [-0.15, -0.1) is 45.3 Å². The number of aromatic nitrogens is 4. The van der Waals surface area contributed by atoms with E-state index >= 15 is 0 Å². The molecule has 0 bridgehead atoms. The van der Waals surface area contributed by atoms with E-state index in [-0.39, 0.29) is 93.1 Å². The summed E-state index contributed by atoms with van der Waals surface area (Å²) in [5, 5.41) is 30.8. The summed E-state index contributed by atoms with van der Waals surface area (Å²) in [7, 11) is 2.62. The predicted octanol–water partition coefficient (Wildman–Crippen LogP) is 20.3. The molecule has 2 amide bonds. The van der Waals surface area contributed by atoms with E-state index in [0.717, 1.165) is 25.2 Å². The van der Waals surface area contributed by atoms with Gasteiger partial charge < -0.3 is 14.6 Å². The Labute approximate surface area is 748 Å². The molecule has 4 aromatic heterocycles. The lowest BCUT2D eigenvalue weighted by Crippen LogP contribution is -2.44. The zero-order valence-electron chi connectivity index (χ0n) is 68.4. The highest BCUT2D eigenvalue weighted by atomic mass is 79.9. The molecule has 6 atom stereocenters. The van der Waals surface area contributed by atoms with E-state index in [1.807, 2.05) is 0 Å². The second kappa shape index (κ2) is 37.7. The Morgan fingerprint density at radius 3 is 0.850 bits per heavy atom. The molecule has 656 valence electrons. The Kier molecular flexibility index (Phi) is 27.6. The Balaban J connectivity index is 0.000000136. The number of nitrogens with one attached hydrogen (secondary N) is 2. The molecule has 5 aliphatic carbocycles. The van der Waals surface area contributed by atoms with Gasteiger partial charge >= 0.3 is 17.9 Å². The first-order chi connectivity index (χ1) is 60.2. The van der Waals surface area contributed by atoms with Crippen molar-refractivity contribution in [2.45, 2.75) is 138 Å². The summed E-state index contributed by atoms with van der Waals surface area (Å²) >= 11 is 8.58. The first-order valence-corrected chi connectivity index (χ1v) is 43.6. The van der Waals surface area contributed by atoms with Crippen molar-refractivity contribution >= 4 is 96.8 Å². The molecule has 18 rings (SSSR count). The number of hydroxylamine groups is 2. The van der Waals surface area contributed by atoms with E-state index in [1.165, 1.54) is 120 Å². The summed E-state index contributed by atoms with van der Waals surface area (Å²) in [6, 6.07) is 48.7. The molecule has 0 radical (unpaired) electrons. The Hall–Kier alpha value is -11.7. The zero-order chi connectivity index (χ0) is 90.2. The van der Waals surface area contributed by atoms with E-state index in [4.69, 9.17) is 9.47 Å². The molecule has 31 heteroatoms. The topological polar surface area (TPSA) is 257 Å². The molecular weight excluding hydrogens is 1790 g/mol. The smallest absolute Gasteiger partial charge is 0.317 e. The number of hydrogen-bond acceptors (Lipinski definition) is 18. The molecule has 0 spiro atoms. The number of hydrogen-bond donors (Lipinski definition) is 5. The second-order valence-corrected chi connectivity index (χ2v) is 36.8. The number of carbonyl (C=O) groups excluding carboxylic acids is 5. The lowest BCUT2D eigenvalue weighted by molar-refractivity contribution is -0.148. The van der Waals surface area contributed by atoms with Crippen LogP contribution >= 0.6 is 61.3 Å². The minimum atomic E-state index is -1.23. The number of carbonyl (C=O) groups is 6. The first-order valence-electron chi connectivity index (χ1n) is 39.4. The van der Waals surface area contributed by atoms with Crippen LogP contribution in [0.25, 0.3) is 42.3 Å². The number of ketones is 1. The van der Waals surface area contributed by atoms with E-state index < -0.39 is 79.1 Å². The van der Waals surface area contributed by atoms with Crippen LogP contribution in [0.1, 0.15) is 118 Å². The minimum Gasteiger partial charge on any atom is -0.481 e. The van der Waals surface area contributed by atoms with Crippen LogP contribution in [-0.2, 0) is 117 Å². The first kappa shape index (κ1) is 92.9. The number of amides is 2. The number of Topliss-reactive ketones (excluding diaryl/α,β-unsaturated/α-hetero) is 1. The van der Waals surface area contributed by atoms with Crippen LogP contribution < -0.4 is 11.0 Å². The van der Waals surface area contributed by atoms with Gasteiger partial charge in [-0.05, 0) is 176 Å². The average Bonchev–Trinajstić information content (AvgIpc) is 1.60. The molecule has 1 fully saturated rings. The van der Waals surface area contributed by atoms with Crippen molar-refractivity contribution in [2.24, 2.45) is 0 Å². The van der Waals surface area contributed by atoms with Gasteiger partial charge in [0.2, 0.25) is 0 Å². The molecule has 17 nitrogen and oxygen atoms in total. The van der Waals surface area contributed by atoms with Crippen molar-refractivity contribution in [1.82, 2.24) is 30.9 Å². The molecule has 5 aliphatic rings. The molecule has 5 N–H and O–H groups in total. The average molecular weight is 1870 g/mol. The van der Waals surface area contributed by atoms with Gasteiger partial charge in [0.25, 0.3) is 11.8 Å². The Bertz CT molecular complexity index is 5980. The normalized spacial score (nSPS) is 19.5. The van der Waals surface area contributed by atoms with E-state index in [2.05, 4.69) is 35.9 Å². The van der Waals surface area contributed by atoms with Gasteiger partial charge in [-0.25, -0.2) is 70.4 Å². The number of carboxylic acid groups (broad SMARTS) is 1. The van der Waals surface area contributed by atoms with Crippen molar-refractivity contribution in [3.63, 3.8) is 0 Å². The Morgan fingerprint density at radius 2 is 0.591 bits per heavy atom. The highest BCUT2D eigenvalue weighted by Gasteiger charge is 2.55. The standard InChI is InChI=1S/C21H17F2NO2S.2C20H16F2N2O2S.C20H15F2NO2S.C14H14BrFO3.CH4/c1-12-14(7-5-9-15(12)22)21(20(25)26-2)10-17-18(11-21)27-19(24-17)13-6-3-4-8-16(13)23;2*1-11-13(6-4-8-14(11)21)20(19(25)24-26)9-16-17(10-20)27-18(23-16)12-5-2-3-7-15(12)22;1-11-13(6-4-8-14(11)21)20(19(24)25)9-16-17(10-20)26-18(23-16)12-5-2-3-7-15(12)22;1-8-9(4-3-5-11(8)16)14(13(18)19-2)6-10(15)12(17)7-14;/h3-9H,10-11H2,1-2H3;2*2-8,26H,9-10H2,1H3,(H,24,25);2-8H,9-10H2,1H3,(H,24,25);3-5,10H,6-7H2,1-2H3;1H4. The summed E-state index contributed by atoms with van der Waals surface area (Å²) in [6.07, 6.45) is 2.38. The number of nitrogens with zero attached hydrogens (tertiary/aromatic N) is 4. The van der Waals surface area contributed by atoms with Gasteiger partial charge in [0, 0.05) is 99.5 Å². The summed E-state index contributed by atoms with van der Waals surface area (Å²) in [5.41, 5.74) is 6.88. The van der Waals surface area contributed by atoms with Gasteiger partial charge in [-0.1, -0.05) is 133 Å². The fourth-order valence-corrected chi connectivity index (χ4v) is 23.2. The number of carboxylic acids is 1. The van der Waals surface area contributed by atoms with Crippen LogP contribution in [0, 0.1) is 87.0 Å². The second-order valence-electron chi connectivity index (χ2n) is 31.3. The molecular formula is C96H82BrF9N6O11S4. The van der Waals surface area contributed by atoms with E-state index in [1.54, 1.807) is 173 Å². The number of ether oxygens (including phenoxy) is 2. The molecule has 1 saturated carbocycles. The van der Waals surface area contributed by atoms with Crippen molar-refractivity contribution in [2.75, 3.05) is 14.2 Å². The van der Waals surface area contributed by atoms with E-state index in [9.17, 15) is 83.8 Å². The fourth-order valence-electron chi connectivity index (χ4n) is 17.6. The number of halogens is 10. The molecule has 4 heterocycles. The van der Waals surface area contributed by atoms with Gasteiger partial charge in [0.05, 0.1) is 52.7 Å². The Morgan fingerprint density at radius 1 is 0.354 bits per heavy atom. The van der Waals surface area contributed by atoms with Crippen molar-refractivity contribution in [1.29, 1.82) is 0 Å². The highest BCUT2D eigenvalue weighted by molar-refractivity contribution is 9.10. The number of methoxy groups -OCH3 is 2. The summed E-state index contributed by atoms with van der Waals surface area (Å²) < 4.78 is 136. The third-order valence-corrected chi connectivity index (χ3v) is 29.5. The summed E-state index contributed by atoms with van der Waals surface area (Å²) in [6.45, 7) is 8.10. The predicted molar refractivity (Wildman–Crippen MR) is 469 cm³/mol. The monoisotopic (exact) mass is 1870 g/mol. The summed E-state index contributed by atoms with van der Waals surface area (Å²) in [4.78, 5) is 95.3. The number of benzene rings is 9. The molecule has 9 aromatic carbocycles. The maximum Gasteiger partial charge on any atom is 0.317 e. The quantitative estimate of drug-likeness (QED) is 0.0223. The number of rotatable bonds is 14. The maximum absolute atomic E-state index is 14.1. The number of alkyl halides is 1. The van der Waals surface area contributed by atoms with Crippen LogP contribution in [0.15, 0.2) is 188 Å². The van der Waals surface area contributed by atoms with Crippen LogP contribution in [0.3, 0.4) is 0 Å². The zero-order valence-corrected chi connectivity index (χ0v) is 73.2. The molecule has 127 heavy (non-hydrogen) atoms. The van der Waals surface area contributed by atoms with Crippen LogP contribution in [0.2, 0.25) is 0 Å². The maximum atomic E-state index is 14.1. The highest BCUT2D eigenvalue weighted by Crippen LogP contribution is 2.52. The molecule has 6 unspecified atom stereocenters. The van der Waals surface area contributed by atoms with Gasteiger partial charge in [-0.3, -0.25) is 39.2 Å². The van der Waals surface area contributed by atoms with Gasteiger partial charge in [-0.2, -0.15) is 0 Å². The SMILES string of the molecule is C.COC(=O)C1(c2cccc(F)c2C)CC(=O)C(Br)C1.COC(=O)C1(c2cccc(F)c2C)Cc2nc(-c3ccccc3F)sc2C1.Cc1c(F)cccc1C1(C(=O)NO)Cc2nc(-c3ccccc3F)sc2C1.Cc1c(F)cccc1C1(C(=O)NO)Cc2nc(-c3ccccc3F)sc2C1.Cc1c(F)cccc1C1(C(=O)O)Cc2nc(-c3ccccc3F)sc2C1. The largest absolute Gasteiger partial charge is 0.481 e. The molecule has 0 aliphatic heterocycles. The van der Waals surface area contributed by atoms with E-state index in [0.29, 0.717) is 134 Å². The minimum absolute atomic E-state index is 0. The number of fused-ring (bicyclic) bond motifs is 4. The number of esters is 2. The van der Waals surface area contributed by atoms with Crippen LogP contribution in [0.5, 0.6) is 0 Å². The van der Waals surface area contributed by atoms with Crippen molar-refractivity contribution < 1.29 is 93.3 Å². The van der Waals surface area contributed by atoms with Crippen LogP contribution in [-0.4, -0.2) is 90.0 Å². The molecule has 0 saturated heterocycles. The van der Waals surface area contributed by atoms with Gasteiger partial charge in [0.15, 0.2) is 0 Å². The van der Waals surface area contributed by atoms with Crippen molar-refractivity contribution in [3.8, 4) is 42.3 Å². The third kappa shape index (κ3) is 17.3. The lowest BCUT2D eigenvalue weighted by atomic mass is 9.75.